The van der Waals surface area contributed by atoms with E-state index in [4.69, 9.17) is 5.73 Å². The lowest BCUT2D eigenvalue weighted by Gasteiger charge is -2.07. The van der Waals surface area contributed by atoms with Crippen LogP contribution in [0, 0.1) is 0 Å². The maximum Gasteiger partial charge on any atom is 0.314 e. The van der Waals surface area contributed by atoms with Gasteiger partial charge in [0.1, 0.15) is 0 Å². The largest absolute Gasteiger partial charge is 0.348 e. The Hall–Kier alpha value is -2.97. The number of amides is 2. The Bertz CT molecular complexity index is 1030. The molecule has 2 aromatic rings. The van der Waals surface area contributed by atoms with Crippen molar-refractivity contribution in [2.45, 2.75) is 206 Å². The first-order chi connectivity index (χ1) is 26.7. The van der Waals surface area contributed by atoms with E-state index in [1.54, 1.807) is 31.1 Å². The Labute approximate surface area is 331 Å². The van der Waals surface area contributed by atoms with E-state index in [0.29, 0.717) is 19.6 Å². The van der Waals surface area contributed by atoms with Gasteiger partial charge in [-0.1, -0.05) is 181 Å². The Balaban J connectivity index is 0.000000895. The van der Waals surface area contributed by atoms with Gasteiger partial charge in [0.15, 0.2) is 0 Å². The minimum atomic E-state index is -0.0655. The minimum absolute atomic E-state index is 0.0655. The van der Waals surface area contributed by atoms with Gasteiger partial charge in [-0.2, -0.15) is 0 Å². The summed E-state index contributed by atoms with van der Waals surface area (Å²) in [4.78, 5) is 38.8. The highest BCUT2D eigenvalue weighted by Crippen LogP contribution is 2.14. The Morgan fingerprint density at radius 1 is 0.574 bits per heavy atom. The first-order valence-corrected chi connectivity index (χ1v) is 22.4. The summed E-state index contributed by atoms with van der Waals surface area (Å²) in [6.07, 6.45) is 48.2. The van der Waals surface area contributed by atoms with Gasteiger partial charge in [-0.25, -0.2) is 24.5 Å². The zero-order valence-electron chi connectivity index (χ0n) is 35.1. The highest BCUT2D eigenvalue weighted by atomic mass is 16.2. The number of hydrogen-bond donors (Lipinski definition) is 5. The van der Waals surface area contributed by atoms with E-state index in [2.05, 4.69) is 49.4 Å². The van der Waals surface area contributed by atoms with Crippen LogP contribution in [-0.2, 0) is 17.6 Å². The summed E-state index contributed by atoms with van der Waals surface area (Å²) in [6, 6.07) is -0.0655. The maximum atomic E-state index is 11.7. The van der Waals surface area contributed by atoms with Crippen LogP contribution < -0.4 is 16.4 Å². The average Bonchev–Trinajstić information content (AvgIpc) is 3.91. The zero-order valence-corrected chi connectivity index (χ0v) is 35.1. The maximum absolute atomic E-state index is 11.7. The molecule has 0 spiro atoms. The Morgan fingerprint density at radius 3 is 1.31 bits per heavy atom. The van der Waals surface area contributed by atoms with Crippen LogP contribution in [0.4, 0.5) is 4.79 Å². The number of nitrogens with two attached hydrogens (primary N) is 1. The summed E-state index contributed by atoms with van der Waals surface area (Å²) in [5.74, 6) is 0. The smallest absolute Gasteiger partial charge is 0.314 e. The number of imidazole rings is 2. The van der Waals surface area contributed by atoms with E-state index in [-0.39, 0.29) is 6.03 Å². The lowest BCUT2D eigenvalue weighted by atomic mass is 10.0. The summed E-state index contributed by atoms with van der Waals surface area (Å²) in [5, 5.41) is 5.80. The fraction of sp³-hybridized carbons (Fsp3) is 0.818. The molecule has 0 bridgehead atoms. The number of nitrogens with zero attached hydrogens (tertiary/aromatic N) is 3. The monoisotopic (exact) mass is 757 g/mol. The van der Waals surface area contributed by atoms with Crippen LogP contribution in [0.3, 0.4) is 0 Å². The molecule has 0 saturated heterocycles. The van der Waals surface area contributed by atoms with E-state index in [1.807, 2.05) is 0 Å². The van der Waals surface area contributed by atoms with Gasteiger partial charge in [-0.05, 0) is 19.4 Å². The van der Waals surface area contributed by atoms with E-state index in [9.17, 15) is 9.59 Å². The molecule has 0 atom stereocenters. The molecule has 6 N–H and O–H groups in total. The van der Waals surface area contributed by atoms with Crippen LogP contribution in [0.15, 0.2) is 30.0 Å². The quantitative estimate of drug-likeness (QED) is 0.0269. The van der Waals surface area contributed by atoms with Gasteiger partial charge in [0, 0.05) is 49.7 Å². The number of rotatable bonds is 35. The van der Waals surface area contributed by atoms with Crippen molar-refractivity contribution in [3.63, 3.8) is 0 Å². The summed E-state index contributed by atoms with van der Waals surface area (Å²) >= 11 is 0. The second kappa shape index (κ2) is 44.4. The summed E-state index contributed by atoms with van der Waals surface area (Å²) in [5.41, 5.74) is 7.42. The molecule has 10 nitrogen and oxygen atoms in total. The standard InChI is InChI=1S/C22H42N4O.C17H33NO.C5H9N3/c1-2-3-4-5-6-7-8-9-10-11-12-13-14-15-17-24-22(27)25-18-16-21-19-23-20-26-21;1-2-3-4-5-6-7-8-9-10-11-12-13-14-15-16-18-17-19;6-2-1-5-3-7-4-8-5/h19-20H,2-18H2,1H3,(H,23,26)(H2,24,25,27);2-16H2,1H3;3-4H,1-2,6H2,(H,7,8). The summed E-state index contributed by atoms with van der Waals surface area (Å²) < 4.78 is 0. The van der Waals surface area contributed by atoms with Gasteiger partial charge in [0.05, 0.1) is 19.2 Å². The third-order valence-electron chi connectivity index (χ3n) is 9.71. The fourth-order valence-corrected chi connectivity index (χ4v) is 6.32. The predicted octanol–water partition coefficient (Wildman–Crippen LogP) is 11.4. The van der Waals surface area contributed by atoms with Crippen LogP contribution in [0.5, 0.6) is 0 Å². The zero-order chi connectivity index (χ0) is 39.3. The lowest BCUT2D eigenvalue weighted by Crippen LogP contribution is -2.37. The van der Waals surface area contributed by atoms with Crippen LogP contribution in [0.1, 0.15) is 205 Å². The average molecular weight is 757 g/mol. The molecule has 0 fully saturated rings. The van der Waals surface area contributed by atoms with E-state index in [1.165, 1.54) is 167 Å². The van der Waals surface area contributed by atoms with E-state index < -0.39 is 0 Å². The molecule has 2 aromatic heterocycles. The van der Waals surface area contributed by atoms with Crippen molar-refractivity contribution in [3.8, 4) is 0 Å². The van der Waals surface area contributed by atoms with Crippen LogP contribution in [0.2, 0.25) is 0 Å². The van der Waals surface area contributed by atoms with Crippen molar-refractivity contribution < 1.29 is 9.59 Å². The van der Waals surface area contributed by atoms with Crippen LogP contribution in [-0.4, -0.2) is 58.2 Å². The fourth-order valence-electron chi connectivity index (χ4n) is 6.32. The van der Waals surface area contributed by atoms with Crippen molar-refractivity contribution in [2.24, 2.45) is 10.7 Å². The number of unbranched alkanes of at least 4 members (excludes halogenated alkanes) is 26. The van der Waals surface area contributed by atoms with Gasteiger partial charge in [-0.15, -0.1) is 0 Å². The number of H-pyrrole nitrogens is 2. The highest BCUT2D eigenvalue weighted by Gasteiger charge is 2.00. The predicted molar refractivity (Wildman–Crippen MR) is 229 cm³/mol. The lowest BCUT2D eigenvalue weighted by molar-refractivity contribution is 0.240. The molecule has 0 radical (unpaired) electrons. The molecule has 54 heavy (non-hydrogen) atoms. The Morgan fingerprint density at radius 2 is 0.944 bits per heavy atom. The number of aromatic amines is 2. The number of nitrogens with one attached hydrogen (secondary N) is 4. The Kier molecular flexibility index (Phi) is 42.0. The van der Waals surface area contributed by atoms with Crippen molar-refractivity contribution in [1.82, 2.24) is 30.6 Å². The topological polar surface area (TPSA) is 154 Å². The van der Waals surface area contributed by atoms with Crippen molar-refractivity contribution in [2.75, 3.05) is 26.2 Å². The molecule has 0 aliphatic rings. The van der Waals surface area contributed by atoms with Crippen molar-refractivity contribution in [3.05, 3.63) is 36.4 Å². The van der Waals surface area contributed by atoms with Crippen molar-refractivity contribution in [1.29, 1.82) is 0 Å². The van der Waals surface area contributed by atoms with Crippen molar-refractivity contribution >= 4 is 12.1 Å². The highest BCUT2D eigenvalue weighted by molar-refractivity contribution is 5.73. The molecular formula is C44H84N8O2. The van der Waals surface area contributed by atoms with Gasteiger partial charge < -0.3 is 26.3 Å². The van der Waals surface area contributed by atoms with Crippen LogP contribution >= 0.6 is 0 Å². The first-order valence-electron chi connectivity index (χ1n) is 22.4. The number of hydrogen-bond acceptors (Lipinski definition) is 6. The second-order valence-electron chi connectivity index (χ2n) is 14.8. The van der Waals surface area contributed by atoms with E-state index in [0.717, 1.165) is 43.6 Å². The normalized spacial score (nSPS) is 10.5. The molecular weight excluding hydrogens is 673 g/mol. The molecule has 0 aliphatic carbocycles. The molecule has 2 heterocycles. The molecule has 0 saturated carbocycles. The number of carbonyl (C=O) groups is 1. The van der Waals surface area contributed by atoms with Gasteiger partial charge in [0.25, 0.3) is 0 Å². The molecule has 2 amide bonds. The molecule has 0 unspecified atom stereocenters. The van der Waals surface area contributed by atoms with Gasteiger partial charge >= 0.3 is 6.03 Å². The molecule has 2 rings (SSSR count). The number of isocyanates is 1. The van der Waals surface area contributed by atoms with Gasteiger partial charge in [0.2, 0.25) is 6.08 Å². The van der Waals surface area contributed by atoms with E-state index >= 15 is 0 Å². The number of carbonyl (C=O) groups excluding carboxylic acids is 2. The number of aromatic nitrogens is 4. The third-order valence-corrected chi connectivity index (χ3v) is 9.71. The molecule has 0 aromatic carbocycles. The first kappa shape index (κ1) is 51.0. The second-order valence-corrected chi connectivity index (χ2v) is 14.8. The minimum Gasteiger partial charge on any atom is -0.348 e. The van der Waals surface area contributed by atoms with Gasteiger partial charge in [-0.3, -0.25) is 0 Å². The molecule has 312 valence electrons. The third kappa shape index (κ3) is 40.2. The summed E-state index contributed by atoms with van der Waals surface area (Å²) in [6.45, 7) is 7.30. The molecule has 10 heteroatoms. The number of urea groups is 1. The number of aliphatic imine (C=N–C) groups is 1. The molecule has 0 aliphatic heterocycles. The van der Waals surface area contributed by atoms with Crippen LogP contribution in [0.25, 0.3) is 0 Å². The summed E-state index contributed by atoms with van der Waals surface area (Å²) in [7, 11) is 0. The SMILES string of the molecule is CCCCCCCCCCCCCCCCN=C=O.CCCCCCCCCCCCCCCCNC(=O)NCCc1cnc[nH]1.NCCc1cnc[nH]1.